The maximum absolute atomic E-state index is 6.25. The molecule has 0 aliphatic carbocycles. The monoisotopic (exact) mass is 802 g/mol. The van der Waals surface area contributed by atoms with Crippen LogP contribution in [0.3, 0.4) is 0 Å². The molecule has 6 heteroatoms. The van der Waals surface area contributed by atoms with Crippen molar-refractivity contribution in [1.82, 2.24) is 9.97 Å². The topological polar surface area (TPSA) is 58.5 Å². The van der Waals surface area contributed by atoms with Gasteiger partial charge < -0.3 is 18.6 Å². The van der Waals surface area contributed by atoms with Gasteiger partial charge in [0.15, 0.2) is 11.2 Å². The van der Waals surface area contributed by atoms with E-state index in [9.17, 15) is 0 Å². The Morgan fingerprint density at radius 2 is 0.806 bits per heavy atom. The fourth-order valence-electron chi connectivity index (χ4n) is 9.85. The van der Waals surface area contributed by atoms with Gasteiger partial charge in [-0.05, 0) is 130 Å². The average Bonchev–Trinajstić information content (AvgIpc) is 3.95. The van der Waals surface area contributed by atoms with E-state index in [2.05, 4.69) is 171 Å². The van der Waals surface area contributed by atoms with Crippen molar-refractivity contribution < 1.29 is 8.83 Å². The van der Waals surface area contributed by atoms with E-state index in [4.69, 9.17) is 18.8 Å². The summed E-state index contributed by atoms with van der Waals surface area (Å²) in [6, 6.07) is 64.5. The molecule has 0 amide bonds. The second-order valence-electron chi connectivity index (χ2n) is 17.5. The smallest absolute Gasteiger partial charge is 0.227 e. The van der Waals surface area contributed by atoms with Gasteiger partial charge in [-0.25, -0.2) is 9.97 Å². The van der Waals surface area contributed by atoms with Crippen LogP contribution in [0.4, 0.5) is 34.1 Å². The van der Waals surface area contributed by atoms with Gasteiger partial charge >= 0.3 is 0 Å². The third-order valence-electron chi connectivity index (χ3n) is 13.1. The minimum absolute atomic E-state index is 0.252. The van der Waals surface area contributed by atoms with Crippen molar-refractivity contribution in [2.24, 2.45) is 0 Å². The molecule has 2 aromatic heterocycles. The van der Waals surface area contributed by atoms with Crippen molar-refractivity contribution in [3.05, 3.63) is 204 Å². The lowest BCUT2D eigenvalue weighted by molar-refractivity contribution is 0.615. The summed E-state index contributed by atoms with van der Waals surface area (Å²) in [7, 11) is 0. The lowest BCUT2D eigenvalue weighted by Gasteiger charge is -2.42. The van der Waals surface area contributed by atoms with Crippen LogP contribution in [0.5, 0.6) is 0 Å². The number of aromatic nitrogens is 2. The number of hydrogen-bond acceptors (Lipinski definition) is 6. The van der Waals surface area contributed by atoms with Crippen LogP contribution in [0.25, 0.3) is 56.2 Å². The molecular formula is C56H42N4O2. The van der Waals surface area contributed by atoms with Gasteiger partial charge in [0.2, 0.25) is 11.8 Å². The van der Waals surface area contributed by atoms with E-state index >= 15 is 0 Å². The van der Waals surface area contributed by atoms with Crippen molar-refractivity contribution in [2.45, 2.75) is 38.5 Å². The Labute approximate surface area is 360 Å². The van der Waals surface area contributed by atoms with Crippen molar-refractivity contribution in [2.75, 3.05) is 9.80 Å². The number of nitrogens with zero attached hydrogens (tertiary/aromatic N) is 4. The highest BCUT2D eigenvalue weighted by Crippen LogP contribution is 2.54. The van der Waals surface area contributed by atoms with Crippen molar-refractivity contribution in [3.63, 3.8) is 0 Å². The summed E-state index contributed by atoms with van der Waals surface area (Å²) in [5.41, 5.74) is 18.8. The number of para-hydroxylation sites is 6. The van der Waals surface area contributed by atoms with E-state index in [1.165, 1.54) is 33.6 Å². The quantitative estimate of drug-likeness (QED) is 0.173. The first-order chi connectivity index (χ1) is 30.2. The Balaban J connectivity index is 0.920. The SMILES string of the molecule is CC1(C)c2ccccc2N(c2ccc(-c3cccc(N4c5ccccc5C(C)(C)c5cc(-c6nc7ccccc7o6)ccc54)c3)cc2)c2ccc(-c3nc4ccccc4o3)cc21. The number of rotatable bonds is 5. The fraction of sp³-hybridized carbons (Fsp3) is 0.107. The average molecular weight is 803 g/mol. The summed E-state index contributed by atoms with van der Waals surface area (Å²) in [5, 5.41) is 0. The molecule has 298 valence electrons. The van der Waals surface area contributed by atoms with Gasteiger partial charge in [-0.15, -0.1) is 0 Å². The van der Waals surface area contributed by atoms with Crippen LogP contribution in [0.2, 0.25) is 0 Å². The number of fused-ring (bicyclic) bond motifs is 6. The lowest BCUT2D eigenvalue weighted by atomic mass is 9.73. The Hall–Kier alpha value is -7.70. The molecule has 0 radical (unpaired) electrons. The summed E-state index contributed by atoms with van der Waals surface area (Å²) in [4.78, 5) is 14.5. The molecule has 0 N–H and O–H groups in total. The van der Waals surface area contributed by atoms with E-state index in [1.807, 2.05) is 48.5 Å². The van der Waals surface area contributed by atoms with Gasteiger partial charge in [-0.1, -0.05) is 113 Å². The highest BCUT2D eigenvalue weighted by Gasteiger charge is 2.39. The molecule has 0 bridgehead atoms. The van der Waals surface area contributed by atoms with Crippen LogP contribution in [0, 0.1) is 0 Å². The van der Waals surface area contributed by atoms with Crippen LogP contribution in [0.15, 0.2) is 191 Å². The summed E-state index contributed by atoms with van der Waals surface area (Å²) in [6.07, 6.45) is 0. The molecule has 8 aromatic carbocycles. The maximum Gasteiger partial charge on any atom is 0.227 e. The summed E-state index contributed by atoms with van der Waals surface area (Å²) in [6.45, 7) is 9.25. The Morgan fingerprint density at radius 1 is 0.355 bits per heavy atom. The van der Waals surface area contributed by atoms with Crippen LogP contribution >= 0.6 is 0 Å². The van der Waals surface area contributed by atoms with Crippen molar-refractivity contribution in [1.29, 1.82) is 0 Å². The molecule has 0 fully saturated rings. The van der Waals surface area contributed by atoms with Crippen LogP contribution in [-0.4, -0.2) is 9.97 Å². The summed E-state index contributed by atoms with van der Waals surface area (Å²) < 4.78 is 12.5. The molecule has 12 rings (SSSR count). The van der Waals surface area contributed by atoms with Crippen LogP contribution < -0.4 is 9.80 Å². The van der Waals surface area contributed by atoms with E-state index in [-0.39, 0.29) is 10.8 Å². The molecule has 0 saturated carbocycles. The van der Waals surface area contributed by atoms with Crippen LogP contribution in [0.1, 0.15) is 49.9 Å². The van der Waals surface area contributed by atoms with Gasteiger partial charge in [0, 0.05) is 33.3 Å². The number of hydrogen-bond donors (Lipinski definition) is 0. The van der Waals surface area contributed by atoms with E-state index in [1.54, 1.807) is 0 Å². The summed E-state index contributed by atoms with van der Waals surface area (Å²) >= 11 is 0. The van der Waals surface area contributed by atoms with Crippen molar-refractivity contribution >= 4 is 56.3 Å². The molecule has 4 heterocycles. The number of oxazole rings is 2. The molecule has 2 aliphatic rings. The molecule has 0 unspecified atom stereocenters. The van der Waals surface area contributed by atoms with Gasteiger partial charge in [0.25, 0.3) is 0 Å². The zero-order chi connectivity index (χ0) is 41.7. The maximum atomic E-state index is 6.25. The van der Waals surface area contributed by atoms with Gasteiger partial charge in [-0.2, -0.15) is 0 Å². The predicted molar refractivity (Wildman–Crippen MR) is 252 cm³/mol. The molecule has 62 heavy (non-hydrogen) atoms. The Morgan fingerprint density at radius 3 is 1.34 bits per heavy atom. The van der Waals surface area contributed by atoms with Gasteiger partial charge in [-0.3, -0.25) is 0 Å². The molecular weight excluding hydrogens is 761 g/mol. The number of anilines is 6. The highest BCUT2D eigenvalue weighted by molar-refractivity contribution is 5.91. The van der Waals surface area contributed by atoms with E-state index < -0.39 is 0 Å². The lowest BCUT2D eigenvalue weighted by Crippen LogP contribution is -2.30. The zero-order valence-corrected chi connectivity index (χ0v) is 34.9. The van der Waals surface area contributed by atoms with Crippen molar-refractivity contribution in [3.8, 4) is 34.0 Å². The van der Waals surface area contributed by atoms with Gasteiger partial charge in [0.05, 0.1) is 22.7 Å². The fourth-order valence-corrected chi connectivity index (χ4v) is 9.85. The Kier molecular flexibility index (Phi) is 7.82. The molecule has 0 saturated heterocycles. The van der Waals surface area contributed by atoms with Gasteiger partial charge in [0.1, 0.15) is 11.0 Å². The molecule has 10 aromatic rings. The predicted octanol–water partition coefficient (Wildman–Crippen LogP) is 15.2. The first kappa shape index (κ1) is 36.2. The second-order valence-corrected chi connectivity index (χ2v) is 17.5. The molecule has 0 spiro atoms. The first-order valence-corrected chi connectivity index (χ1v) is 21.2. The first-order valence-electron chi connectivity index (χ1n) is 21.2. The van der Waals surface area contributed by atoms with E-state index in [0.29, 0.717) is 11.8 Å². The largest absolute Gasteiger partial charge is 0.436 e. The molecule has 2 aliphatic heterocycles. The second kappa shape index (κ2) is 13.4. The van der Waals surface area contributed by atoms with Crippen LogP contribution in [-0.2, 0) is 10.8 Å². The normalized spacial score (nSPS) is 14.6. The molecule has 0 atom stereocenters. The summed E-state index contributed by atoms with van der Waals surface area (Å²) in [5.74, 6) is 1.26. The third kappa shape index (κ3) is 5.49. The standard InChI is InChI=1S/C56H42N4O2/c1-55(2)41-16-5-9-20-47(41)59(49-30-26-37(33-43(49)55)53-57-45-18-7-11-22-51(45)61-53)39-28-24-35(25-29-39)36-14-13-15-40(32-36)60-48-21-10-6-17-42(48)56(3,4)44-34-38(27-31-50(44)60)54-58-46-19-8-12-23-52(46)62-54/h5-34H,1-4H3. The Bertz CT molecular complexity index is 3330. The number of benzene rings is 8. The minimum Gasteiger partial charge on any atom is -0.436 e. The minimum atomic E-state index is -0.259. The molecule has 6 nitrogen and oxygen atoms in total. The zero-order valence-electron chi connectivity index (χ0n) is 34.9. The third-order valence-corrected chi connectivity index (χ3v) is 13.1. The van der Waals surface area contributed by atoms with E-state index in [0.717, 1.165) is 67.2 Å². The highest BCUT2D eigenvalue weighted by atomic mass is 16.4.